The van der Waals surface area contributed by atoms with Gasteiger partial charge in [-0.05, 0) is 31.0 Å². The van der Waals surface area contributed by atoms with Gasteiger partial charge in [0.15, 0.2) is 0 Å². The number of halogens is 3. The summed E-state index contributed by atoms with van der Waals surface area (Å²) in [6.45, 7) is 0.0176. The van der Waals surface area contributed by atoms with E-state index in [2.05, 4.69) is 10.1 Å². The van der Waals surface area contributed by atoms with E-state index >= 15 is 0 Å². The highest BCUT2D eigenvalue weighted by Gasteiger charge is 2.41. The minimum atomic E-state index is -4.68. The summed E-state index contributed by atoms with van der Waals surface area (Å²) < 4.78 is 72.6. The standard InChI is InChI=1S/C19H20F3N3O5S/c1-24-11-12(10-16(24)18(27)30-2)31(28,29)25-9-5-8-15(25)17(26)23-14-7-4-3-6-13(14)19(20,21)22/h3-4,6-7,10-11,15H,5,8-9H2,1-2H3,(H,23,26). The quantitative estimate of drug-likeness (QED) is 0.694. The van der Waals surface area contributed by atoms with Crippen LogP contribution in [0.4, 0.5) is 18.9 Å². The molecule has 0 aliphatic carbocycles. The number of methoxy groups -OCH3 is 1. The van der Waals surface area contributed by atoms with Crippen molar-refractivity contribution in [2.45, 2.75) is 30.0 Å². The van der Waals surface area contributed by atoms with Gasteiger partial charge < -0.3 is 14.6 Å². The van der Waals surface area contributed by atoms with Crippen LogP contribution >= 0.6 is 0 Å². The lowest BCUT2D eigenvalue weighted by Crippen LogP contribution is -2.43. The molecule has 0 saturated carbocycles. The van der Waals surface area contributed by atoms with Gasteiger partial charge in [-0.15, -0.1) is 0 Å². The number of sulfonamides is 1. The molecule has 1 fully saturated rings. The number of amides is 1. The first kappa shape index (κ1) is 22.8. The minimum Gasteiger partial charge on any atom is -0.464 e. The Morgan fingerprint density at radius 3 is 2.55 bits per heavy atom. The van der Waals surface area contributed by atoms with E-state index in [1.807, 2.05) is 0 Å². The number of aryl methyl sites for hydroxylation is 1. The normalized spacial score (nSPS) is 17.5. The number of carbonyl (C=O) groups excluding carboxylic acids is 2. The average molecular weight is 459 g/mol. The third-order valence-electron chi connectivity index (χ3n) is 4.98. The van der Waals surface area contributed by atoms with Crippen molar-refractivity contribution < 1.29 is 35.9 Å². The Balaban J connectivity index is 1.88. The van der Waals surface area contributed by atoms with Crippen molar-refractivity contribution in [3.05, 3.63) is 47.8 Å². The topological polar surface area (TPSA) is 97.7 Å². The van der Waals surface area contributed by atoms with Crippen LogP contribution < -0.4 is 5.32 Å². The van der Waals surface area contributed by atoms with Gasteiger partial charge in [0, 0.05) is 19.8 Å². The summed E-state index contributed by atoms with van der Waals surface area (Å²) in [6, 6.07) is 4.41. The van der Waals surface area contributed by atoms with Gasteiger partial charge in [0.2, 0.25) is 15.9 Å². The fourth-order valence-electron chi connectivity index (χ4n) is 3.46. The number of aromatic nitrogens is 1. The van der Waals surface area contributed by atoms with E-state index < -0.39 is 45.4 Å². The summed E-state index contributed by atoms with van der Waals surface area (Å²) in [5.74, 6) is -1.59. The molecule has 8 nitrogen and oxygen atoms in total. The lowest BCUT2D eigenvalue weighted by Gasteiger charge is -2.23. The van der Waals surface area contributed by atoms with Gasteiger partial charge in [-0.1, -0.05) is 12.1 Å². The molecule has 1 aliphatic rings. The second kappa shape index (κ2) is 8.35. The molecule has 1 aliphatic heterocycles. The molecule has 12 heteroatoms. The van der Waals surface area contributed by atoms with E-state index in [0.717, 1.165) is 29.6 Å². The molecule has 1 aromatic heterocycles. The molecule has 1 unspecified atom stereocenters. The molecule has 31 heavy (non-hydrogen) atoms. The molecule has 1 aromatic carbocycles. The van der Waals surface area contributed by atoms with Crippen molar-refractivity contribution in [1.82, 2.24) is 8.87 Å². The van der Waals surface area contributed by atoms with Crippen molar-refractivity contribution >= 4 is 27.6 Å². The first-order valence-corrected chi connectivity index (χ1v) is 10.6. The lowest BCUT2D eigenvalue weighted by atomic mass is 10.1. The van der Waals surface area contributed by atoms with Gasteiger partial charge in [0.1, 0.15) is 16.6 Å². The maximum Gasteiger partial charge on any atom is 0.418 e. The minimum absolute atomic E-state index is 0.000350. The summed E-state index contributed by atoms with van der Waals surface area (Å²) in [5.41, 5.74) is -1.47. The van der Waals surface area contributed by atoms with Crippen LogP contribution in [-0.4, -0.2) is 48.9 Å². The van der Waals surface area contributed by atoms with E-state index in [1.165, 1.54) is 29.9 Å². The van der Waals surface area contributed by atoms with Crippen molar-refractivity contribution in [2.75, 3.05) is 19.0 Å². The SMILES string of the molecule is COC(=O)c1cc(S(=O)(=O)N2CCCC2C(=O)Nc2ccccc2C(F)(F)F)cn1C. The third-order valence-corrected chi connectivity index (χ3v) is 6.85. The number of hydrogen-bond acceptors (Lipinski definition) is 5. The predicted octanol–water partition coefficient (Wildman–Crippen LogP) is 2.62. The van der Waals surface area contributed by atoms with E-state index in [4.69, 9.17) is 0 Å². The lowest BCUT2D eigenvalue weighted by molar-refractivity contribution is -0.137. The number of esters is 1. The maximum absolute atomic E-state index is 13.2. The molecule has 3 rings (SSSR count). The van der Waals surface area contributed by atoms with E-state index in [9.17, 15) is 31.2 Å². The van der Waals surface area contributed by atoms with Gasteiger partial charge in [-0.3, -0.25) is 4.79 Å². The van der Waals surface area contributed by atoms with Crippen LogP contribution in [0, 0.1) is 0 Å². The number of nitrogens with zero attached hydrogens (tertiary/aromatic N) is 2. The van der Waals surface area contributed by atoms with Gasteiger partial charge in [0.05, 0.1) is 18.4 Å². The Morgan fingerprint density at radius 1 is 1.23 bits per heavy atom. The fourth-order valence-corrected chi connectivity index (χ4v) is 5.19. The van der Waals surface area contributed by atoms with Gasteiger partial charge >= 0.3 is 12.1 Å². The molecule has 1 N–H and O–H groups in total. The monoisotopic (exact) mass is 459 g/mol. The highest BCUT2D eigenvalue weighted by atomic mass is 32.2. The van der Waals surface area contributed by atoms with Gasteiger partial charge in [-0.2, -0.15) is 17.5 Å². The highest BCUT2D eigenvalue weighted by molar-refractivity contribution is 7.89. The number of carbonyl (C=O) groups is 2. The molecule has 0 spiro atoms. The highest BCUT2D eigenvalue weighted by Crippen LogP contribution is 2.35. The zero-order valence-electron chi connectivity index (χ0n) is 16.6. The number of nitrogens with one attached hydrogen (secondary N) is 1. The smallest absolute Gasteiger partial charge is 0.418 e. The fraction of sp³-hybridized carbons (Fsp3) is 0.368. The van der Waals surface area contributed by atoms with Crippen LogP contribution in [0.1, 0.15) is 28.9 Å². The molecule has 1 amide bonds. The van der Waals surface area contributed by atoms with Crippen molar-refractivity contribution in [1.29, 1.82) is 0 Å². The van der Waals surface area contributed by atoms with Crippen molar-refractivity contribution in [3.63, 3.8) is 0 Å². The van der Waals surface area contributed by atoms with Crippen molar-refractivity contribution in [3.8, 4) is 0 Å². The number of alkyl halides is 3. The molecule has 1 saturated heterocycles. The molecule has 2 heterocycles. The summed E-state index contributed by atoms with van der Waals surface area (Å²) in [7, 11) is -1.56. The zero-order chi connectivity index (χ0) is 23.0. The van der Waals surface area contributed by atoms with Crippen LogP contribution in [-0.2, 0) is 32.8 Å². The summed E-state index contributed by atoms with van der Waals surface area (Å²) in [4.78, 5) is 24.3. The number of benzene rings is 1. The molecule has 0 bridgehead atoms. The first-order valence-electron chi connectivity index (χ1n) is 9.20. The molecular weight excluding hydrogens is 439 g/mol. The number of para-hydroxylation sites is 1. The van der Waals surface area contributed by atoms with Gasteiger partial charge in [-0.25, -0.2) is 13.2 Å². The Hall–Kier alpha value is -2.86. The van der Waals surface area contributed by atoms with Crippen LogP contribution in [0.15, 0.2) is 41.4 Å². The Morgan fingerprint density at radius 2 is 1.90 bits per heavy atom. The Labute approximate surface area is 176 Å². The maximum atomic E-state index is 13.2. The summed E-state index contributed by atoms with van der Waals surface area (Å²) in [5, 5.41) is 2.21. The number of anilines is 1. The summed E-state index contributed by atoms with van der Waals surface area (Å²) >= 11 is 0. The van der Waals surface area contributed by atoms with E-state index in [0.29, 0.717) is 6.42 Å². The summed E-state index contributed by atoms with van der Waals surface area (Å²) in [6.07, 6.45) is -2.96. The van der Waals surface area contributed by atoms with Crippen molar-refractivity contribution in [2.24, 2.45) is 7.05 Å². The second-order valence-electron chi connectivity index (χ2n) is 6.97. The van der Waals surface area contributed by atoms with E-state index in [-0.39, 0.29) is 23.6 Å². The predicted molar refractivity (Wildman–Crippen MR) is 104 cm³/mol. The van der Waals surface area contributed by atoms with E-state index in [1.54, 1.807) is 0 Å². The molecule has 168 valence electrons. The largest absolute Gasteiger partial charge is 0.464 e. The molecule has 2 aromatic rings. The third kappa shape index (κ3) is 4.44. The first-order chi connectivity index (χ1) is 14.5. The van der Waals surface area contributed by atoms with Gasteiger partial charge in [0.25, 0.3) is 0 Å². The number of ether oxygens (including phenoxy) is 1. The molecule has 0 radical (unpaired) electrons. The van der Waals surface area contributed by atoms with Crippen LogP contribution in [0.2, 0.25) is 0 Å². The van der Waals surface area contributed by atoms with Crippen LogP contribution in [0.25, 0.3) is 0 Å². The number of rotatable bonds is 5. The Bertz CT molecular complexity index is 1110. The molecular formula is C19H20F3N3O5S. The zero-order valence-corrected chi connectivity index (χ0v) is 17.5. The van der Waals surface area contributed by atoms with Crippen LogP contribution in [0.3, 0.4) is 0 Å². The second-order valence-corrected chi connectivity index (χ2v) is 8.86. The number of hydrogen-bond donors (Lipinski definition) is 1. The van der Waals surface area contributed by atoms with Crippen LogP contribution in [0.5, 0.6) is 0 Å². The Kier molecular flexibility index (Phi) is 6.14. The average Bonchev–Trinajstić information content (AvgIpc) is 3.34. The molecule has 1 atom stereocenters.